The number of oxazole rings is 1. The highest BCUT2D eigenvalue weighted by Crippen LogP contribution is 2.17. The van der Waals surface area contributed by atoms with Crippen LogP contribution in [-0.4, -0.2) is 16.7 Å². The Morgan fingerprint density at radius 2 is 2.29 bits per heavy atom. The van der Waals surface area contributed by atoms with Crippen molar-refractivity contribution < 1.29 is 9.52 Å². The molecule has 74 valence electrons. The van der Waals surface area contributed by atoms with Gasteiger partial charge in [0.25, 0.3) is 0 Å². The summed E-state index contributed by atoms with van der Waals surface area (Å²) in [5.41, 5.74) is 2.92. The maximum absolute atomic E-state index is 8.75. The van der Waals surface area contributed by atoms with Crippen molar-refractivity contribution in [1.82, 2.24) is 4.98 Å². The number of rotatable bonds is 3. The fraction of sp³-hybridized carbons (Fsp3) is 0.364. The van der Waals surface area contributed by atoms with Crippen molar-refractivity contribution in [1.29, 1.82) is 0 Å². The van der Waals surface area contributed by atoms with Crippen molar-refractivity contribution in [3.63, 3.8) is 0 Å². The van der Waals surface area contributed by atoms with Crippen molar-refractivity contribution in [3.05, 3.63) is 29.7 Å². The predicted molar refractivity (Wildman–Crippen MR) is 54.2 cm³/mol. The third kappa shape index (κ3) is 1.63. The van der Waals surface area contributed by atoms with E-state index in [1.165, 1.54) is 5.56 Å². The first-order valence-electron chi connectivity index (χ1n) is 4.82. The van der Waals surface area contributed by atoms with Gasteiger partial charge in [0.05, 0.1) is 6.61 Å². The fourth-order valence-corrected chi connectivity index (χ4v) is 1.44. The van der Waals surface area contributed by atoms with E-state index in [4.69, 9.17) is 9.52 Å². The summed E-state index contributed by atoms with van der Waals surface area (Å²) in [5, 5.41) is 8.75. The Kier molecular flexibility index (Phi) is 2.50. The lowest BCUT2D eigenvalue weighted by atomic mass is 10.1. The van der Waals surface area contributed by atoms with E-state index in [9.17, 15) is 0 Å². The van der Waals surface area contributed by atoms with Gasteiger partial charge in [-0.2, -0.15) is 0 Å². The Morgan fingerprint density at radius 1 is 1.43 bits per heavy atom. The lowest BCUT2D eigenvalue weighted by Gasteiger charge is -1.92. The predicted octanol–water partition coefficient (Wildman–Crippen LogP) is 1.93. The van der Waals surface area contributed by atoms with Crippen LogP contribution >= 0.6 is 0 Å². The number of benzene rings is 1. The van der Waals surface area contributed by atoms with E-state index in [0.717, 1.165) is 17.5 Å². The van der Waals surface area contributed by atoms with Gasteiger partial charge in [0.15, 0.2) is 11.5 Å². The molecule has 2 aromatic rings. The van der Waals surface area contributed by atoms with Gasteiger partial charge < -0.3 is 9.52 Å². The van der Waals surface area contributed by atoms with E-state index in [2.05, 4.69) is 11.9 Å². The Labute approximate surface area is 82.4 Å². The van der Waals surface area contributed by atoms with Crippen molar-refractivity contribution in [2.24, 2.45) is 0 Å². The zero-order chi connectivity index (χ0) is 9.97. The minimum absolute atomic E-state index is 0.0768. The highest BCUT2D eigenvalue weighted by molar-refractivity contribution is 5.73. The van der Waals surface area contributed by atoms with Crippen LogP contribution in [0.3, 0.4) is 0 Å². The zero-order valence-electron chi connectivity index (χ0n) is 8.16. The van der Waals surface area contributed by atoms with E-state index in [1.807, 2.05) is 18.2 Å². The second-order valence-corrected chi connectivity index (χ2v) is 3.24. The first kappa shape index (κ1) is 9.21. The molecular weight excluding hydrogens is 178 g/mol. The number of hydrogen-bond donors (Lipinski definition) is 1. The van der Waals surface area contributed by atoms with Crippen LogP contribution < -0.4 is 0 Å². The summed E-state index contributed by atoms with van der Waals surface area (Å²) >= 11 is 0. The van der Waals surface area contributed by atoms with E-state index >= 15 is 0 Å². The molecular formula is C11H13NO2. The summed E-state index contributed by atoms with van der Waals surface area (Å²) < 4.78 is 5.48. The van der Waals surface area contributed by atoms with Gasteiger partial charge in [-0.3, -0.25) is 0 Å². The number of fused-ring (bicyclic) bond motifs is 1. The molecule has 0 bridgehead atoms. The average molecular weight is 191 g/mol. The molecule has 1 N–H and O–H groups in total. The smallest absolute Gasteiger partial charge is 0.197 e. The molecule has 0 amide bonds. The minimum Gasteiger partial charge on any atom is -0.441 e. The monoisotopic (exact) mass is 191 g/mol. The van der Waals surface area contributed by atoms with Crippen LogP contribution in [0.2, 0.25) is 0 Å². The van der Waals surface area contributed by atoms with Crippen molar-refractivity contribution in [3.8, 4) is 0 Å². The number of aliphatic hydroxyl groups is 1. The molecule has 3 nitrogen and oxygen atoms in total. The number of hydrogen-bond acceptors (Lipinski definition) is 3. The van der Waals surface area contributed by atoms with Gasteiger partial charge in [0.2, 0.25) is 0 Å². The maximum atomic E-state index is 8.75. The van der Waals surface area contributed by atoms with Crippen molar-refractivity contribution in [2.45, 2.75) is 19.8 Å². The second-order valence-electron chi connectivity index (χ2n) is 3.24. The highest BCUT2D eigenvalue weighted by atomic mass is 16.3. The summed E-state index contributed by atoms with van der Waals surface area (Å²) in [6, 6.07) is 6.01. The molecule has 0 saturated carbocycles. The topological polar surface area (TPSA) is 46.3 Å². The summed E-state index contributed by atoms with van der Waals surface area (Å²) in [6.07, 6.45) is 1.47. The Bertz CT molecular complexity index is 434. The summed E-state index contributed by atoms with van der Waals surface area (Å²) in [6.45, 7) is 2.18. The standard InChI is InChI=1S/C11H13NO2/c1-2-8-3-4-9-10(7-8)14-11(12-9)5-6-13/h3-4,7,13H,2,5-6H2,1H3. The summed E-state index contributed by atoms with van der Waals surface area (Å²) in [4.78, 5) is 4.25. The lowest BCUT2D eigenvalue weighted by Crippen LogP contribution is -1.88. The van der Waals surface area contributed by atoms with Crippen LogP contribution in [0, 0.1) is 0 Å². The van der Waals surface area contributed by atoms with E-state index in [0.29, 0.717) is 12.3 Å². The molecule has 0 aliphatic carbocycles. The SMILES string of the molecule is CCc1ccc2nc(CCO)oc2c1. The van der Waals surface area contributed by atoms with Gasteiger partial charge in [0, 0.05) is 6.42 Å². The minimum atomic E-state index is 0.0768. The molecule has 3 heteroatoms. The molecule has 0 radical (unpaired) electrons. The van der Waals surface area contributed by atoms with Crippen LogP contribution in [-0.2, 0) is 12.8 Å². The number of aliphatic hydroxyl groups excluding tert-OH is 1. The normalized spacial score (nSPS) is 11.0. The van der Waals surface area contributed by atoms with E-state index in [-0.39, 0.29) is 6.61 Å². The molecule has 14 heavy (non-hydrogen) atoms. The first-order chi connectivity index (χ1) is 6.83. The van der Waals surface area contributed by atoms with Gasteiger partial charge in [0.1, 0.15) is 5.52 Å². The first-order valence-corrected chi connectivity index (χ1v) is 4.82. The van der Waals surface area contributed by atoms with E-state index < -0.39 is 0 Å². The van der Waals surface area contributed by atoms with Crippen LogP contribution in [0.5, 0.6) is 0 Å². The van der Waals surface area contributed by atoms with Gasteiger partial charge in [-0.1, -0.05) is 13.0 Å². The quantitative estimate of drug-likeness (QED) is 0.806. The number of nitrogens with zero attached hydrogens (tertiary/aromatic N) is 1. The lowest BCUT2D eigenvalue weighted by molar-refractivity contribution is 0.287. The molecule has 1 aromatic heterocycles. The average Bonchev–Trinajstić information content (AvgIpc) is 2.59. The van der Waals surface area contributed by atoms with Gasteiger partial charge in [-0.25, -0.2) is 4.98 Å². The number of aryl methyl sites for hydroxylation is 1. The van der Waals surface area contributed by atoms with Gasteiger partial charge in [-0.05, 0) is 24.1 Å². The molecule has 0 saturated heterocycles. The largest absolute Gasteiger partial charge is 0.441 e. The molecule has 0 aliphatic rings. The Morgan fingerprint density at radius 3 is 3.00 bits per heavy atom. The Hall–Kier alpha value is -1.35. The molecule has 2 rings (SSSR count). The van der Waals surface area contributed by atoms with E-state index in [1.54, 1.807) is 0 Å². The molecule has 0 aliphatic heterocycles. The molecule has 0 spiro atoms. The van der Waals surface area contributed by atoms with Crippen LogP contribution in [0.15, 0.2) is 22.6 Å². The van der Waals surface area contributed by atoms with Crippen molar-refractivity contribution >= 4 is 11.1 Å². The maximum Gasteiger partial charge on any atom is 0.197 e. The fourth-order valence-electron chi connectivity index (χ4n) is 1.44. The molecule has 0 fully saturated rings. The summed E-state index contributed by atoms with van der Waals surface area (Å²) in [5.74, 6) is 0.607. The van der Waals surface area contributed by atoms with Crippen LogP contribution in [0.25, 0.3) is 11.1 Å². The molecule has 0 unspecified atom stereocenters. The van der Waals surface area contributed by atoms with Crippen LogP contribution in [0.1, 0.15) is 18.4 Å². The number of aromatic nitrogens is 1. The van der Waals surface area contributed by atoms with Gasteiger partial charge >= 0.3 is 0 Å². The van der Waals surface area contributed by atoms with Crippen molar-refractivity contribution in [2.75, 3.05) is 6.61 Å². The Balaban J connectivity index is 2.43. The van der Waals surface area contributed by atoms with Crippen LogP contribution in [0.4, 0.5) is 0 Å². The highest BCUT2D eigenvalue weighted by Gasteiger charge is 2.04. The molecule has 0 atom stereocenters. The summed E-state index contributed by atoms with van der Waals surface area (Å²) in [7, 11) is 0. The third-order valence-electron chi connectivity index (χ3n) is 2.23. The zero-order valence-corrected chi connectivity index (χ0v) is 8.16. The second kappa shape index (κ2) is 3.80. The third-order valence-corrected chi connectivity index (χ3v) is 2.23. The molecule has 1 heterocycles. The van der Waals surface area contributed by atoms with Gasteiger partial charge in [-0.15, -0.1) is 0 Å². The molecule has 1 aromatic carbocycles.